The molecule has 1 unspecified atom stereocenters. The summed E-state index contributed by atoms with van der Waals surface area (Å²) in [6.45, 7) is 6.99. The summed E-state index contributed by atoms with van der Waals surface area (Å²) in [6.07, 6.45) is -1.29. The highest BCUT2D eigenvalue weighted by molar-refractivity contribution is 5.28. The predicted octanol–water partition coefficient (Wildman–Crippen LogP) is 5.18. The fraction of sp³-hybridized carbons (Fsp3) is 0.625. The van der Waals surface area contributed by atoms with Crippen LogP contribution in [0.5, 0.6) is 0 Å². The highest BCUT2D eigenvalue weighted by Gasteiger charge is 2.31. The highest BCUT2D eigenvalue weighted by Crippen LogP contribution is 2.32. The molecule has 114 valence electrons. The van der Waals surface area contributed by atoms with Gasteiger partial charge in [0.05, 0.1) is 5.56 Å². The van der Waals surface area contributed by atoms with Crippen LogP contribution in [0.4, 0.5) is 13.2 Å². The van der Waals surface area contributed by atoms with E-state index < -0.39 is 11.7 Å². The second-order valence-corrected chi connectivity index (χ2v) is 5.15. The molecule has 1 aromatic carbocycles. The van der Waals surface area contributed by atoms with E-state index >= 15 is 0 Å². The molecule has 1 N–H and O–H groups in total. The molecule has 0 saturated carbocycles. The number of hydrogen-bond acceptors (Lipinski definition) is 1. The van der Waals surface area contributed by atoms with E-state index in [2.05, 4.69) is 19.2 Å². The summed E-state index contributed by atoms with van der Waals surface area (Å²) in [6, 6.07) is 5.67. The van der Waals surface area contributed by atoms with E-state index in [4.69, 9.17) is 0 Å². The Morgan fingerprint density at radius 3 is 2.25 bits per heavy atom. The van der Waals surface area contributed by atoms with E-state index in [0.717, 1.165) is 37.4 Å². The molecule has 0 amide bonds. The number of halogens is 3. The van der Waals surface area contributed by atoms with Crippen molar-refractivity contribution in [3.8, 4) is 0 Å². The quantitative estimate of drug-likeness (QED) is 0.728. The van der Waals surface area contributed by atoms with Gasteiger partial charge in [-0.2, -0.15) is 13.2 Å². The van der Waals surface area contributed by atoms with Crippen LogP contribution < -0.4 is 5.32 Å². The second-order valence-electron chi connectivity index (χ2n) is 5.15. The Morgan fingerprint density at radius 2 is 1.75 bits per heavy atom. The van der Waals surface area contributed by atoms with Crippen LogP contribution in [0.3, 0.4) is 0 Å². The van der Waals surface area contributed by atoms with Crippen molar-refractivity contribution >= 4 is 0 Å². The van der Waals surface area contributed by atoms with Crippen molar-refractivity contribution in [2.45, 2.75) is 52.3 Å². The Bertz CT molecular complexity index is 397. The Balaban J connectivity index is 2.96. The first-order valence-electron chi connectivity index (χ1n) is 7.32. The largest absolute Gasteiger partial charge is 0.416 e. The van der Waals surface area contributed by atoms with Gasteiger partial charge < -0.3 is 5.32 Å². The van der Waals surface area contributed by atoms with Gasteiger partial charge in [0.1, 0.15) is 0 Å². The number of benzene rings is 1. The number of alkyl halides is 3. The molecule has 0 radical (unpaired) electrons. The molecule has 0 saturated heterocycles. The molecule has 20 heavy (non-hydrogen) atoms. The normalized spacial score (nSPS) is 13.8. The molecule has 4 heteroatoms. The van der Waals surface area contributed by atoms with Crippen LogP contribution in [-0.4, -0.2) is 6.54 Å². The van der Waals surface area contributed by atoms with Gasteiger partial charge in [-0.25, -0.2) is 0 Å². The zero-order chi connectivity index (χ0) is 15.2. The zero-order valence-corrected chi connectivity index (χ0v) is 12.4. The predicted molar refractivity (Wildman–Crippen MR) is 76.6 cm³/mol. The van der Waals surface area contributed by atoms with Crippen LogP contribution in [0, 0.1) is 5.92 Å². The average molecular weight is 287 g/mol. The summed E-state index contributed by atoms with van der Waals surface area (Å²) in [7, 11) is 0. The van der Waals surface area contributed by atoms with Crippen molar-refractivity contribution in [1.82, 2.24) is 5.32 Å². The van der Waals surface area contributed by atoms with Gasteiger partial charge in [0.15, 0.2) is 0 Å². The summed E-state index contributed by atoms with van der Waals surface area (Å²) in [5.74, 6) is 0.536. The third-order valence-corrected chi connectivity index (χ3v) is 3.79. The van der Waals surface area contributed by atoms with E-state index in [1.807, 2.05) is 6.92 Å². The molecule has 1 aromatic rings. The van der Waals surface area contributed by atoms with Gasteiger partial charge in [-0.05, 0) is 36.6 Å². The van der Waals surface area contributed by atoms with Crippen LogP contribution in [0.2, 0.25) is 0 Å². The standard InChI is InChI=1S/C16H24F3N/c1-4-12(5-2)10-15(20-6-3)13-8-7-9-14(11-13)16(17,18)19/h7-9,11-12,15,20H,4-6,10H2,1-3H3. The maximum Gasteiger partial charge on any atom is 0.416 e. The summed E-state index contributed by atoms with van der Waals surface area (Å²) >= 11 is 0. The second kappa shape index (κ2) is 7.67. The number of hydrogen-bond donors (Lipinski definition) is 1. The molecule has 0 aromatic heterocycles. The van der Waals surface area contributed by atoms with E-state index in [1.54, 1.807) is 6.07 Å². The molecular formula is C16H24F3N. The van der Waals surface area contributed by atoms with Crippen LogP contribution in [0.15, 0.2) is 24.3 Å². The van der Waals surface area contributed by atoms with E-state index in [9.17, 15) is 13.2 Å². The lowest BCUT2D eigenvalue weighted by Gasteiger charge is -2.24. The van der Waals surface area contributed by atoms with Gasteiger partial charge in [0.2, 0.25) is 0 Å². The van der Waals surface area contributed by atoms with Crippen molar-refractivity contribution in [2.24, 2.45) is 5.92 Å². The topological polar surface area (TPSA) is 12.0 Å². The lowest BCUT2D eigenvalue weighted by molar-refractivity contribution is -0.137. The molecule has 0 spiro atoms. The van der Waals surface area contributed by atoms with Crippen molar-refractivity contribution < 1.29 is 13.2 Å². The van der Waals surface area contributed by atoms with Crippen LogP contribution in [0.1, 0.15) is 57.2 Å². The average Bonchev–Trinajstić information content (AvgIpc) is 2.42. The molecule has 1 rings (SSSR count). The Morgan fingerprint density at radius 1 is 1.10 bits per heavy atom. The summed E-state index contributed by atoms with van der Waals surface area (Å²) in [5, 5.41) is 3.31. The third kappa shape index (κ3) is 4.82. The Labute approximate surface area is 119 Å². The van der Waals surface area contributed by atoms with Gasteiger partial charge in [-0.3, -0.25) is 0 Å². The van der Waals surface area contributed by atoms with Gasteiger partial charge >= 0.3 is 6.18 Å². The Kier molecular flexibility index (Phi) is 6.53. The van der Waals surface area contributed by atoms with E-state index in [1.165, 1.54) is 12.1 Å². The van der Waals surface area contributed by atoms with Crippen molar-refractivity contribution in [3.05, 3.63) is 35.4 Å². The maximum atomic E-state index is 12.8. The van der Waals surface area contributed by atoms with Crippen molar-refractivity contribution in [1.29, 1.82) is 0 Å². The summed E-state index contributed by atoms with van der Waals surface area (Å²) in [4.78, 5) is 0. The van der Waals surface area contributed by atoms with Gasteiger partial charge in [-0.1, -0.05) is 45.7 Å². The smallest absolute Gasteiger partial charge is 0.310 e. The molecular weight excluding hydrogens is 263 g/mol. The van der Waals surface area contributed by atoms with Gasteiger partial charge in [0.25, 0.3) is 0 Å². The monoisotopic (exact) mass is 287 g/mol. The van der Waals surface area contributed by atoms with Gasteiger partial charge in [0, 0.05) is 6.04 Å². The fourth-order valence-corrected chi connectivity index (χ4v) is 2.47. The lowest BCUT2D eigenvalue weighted by Crippen LogP contribution is -2.23. The fourth-order valence-electron chi connectivity index (χ4n) is 2.47. The molecule has 0 aliphatic carbocycles. The molecule has 0 aliphatic rings. The van der Waals surface area contributed by atoms with Crippen LogP contribution >= 0.6 is 0 Å². The van der Waals surface area contributed by atoms with Crippen molar-refractivity contribution in [3.63, 3.8) is 0 Å². The van der Waals surface area contributed by atoms with E-state index in [0.29, 0.717) is 5.92 Å². The minimum absolute atomic E-state index is 0.00722. The zero-order valence-electron chi connectivity index (χ0n) is 12.4. The maximum absolute atomic E-state index is 12.8. The third-order valence-electron chi connectivity index (χ3n) is 3.79. The summed E-state index contributed by atoms with van der Waals surface area (Å²) in [5.41, 5.74) is 0.163. The summed E-state index contributed by atoms with van der Waals surface area (Å²) < 4.78 is 38.4. The molecule has 0 fully saturated rings. The first-order valence-corrected chi connectivity index (χ1v) is 7.32. The van der Waals surface area contributed by atoms with Crippen molar-refractivity contribution in [2.75, 3.05) is 6.54 Å². The van der Waals surface area contributed by atoms with Gasteiger partial charge in [-0.15, -0.1) is 0 Å². The minimum atomic E-state index is -4.28. The minimum Gasteiger partial charge on any atom is -0.310 e. The highest BCUT2D eigenvalue weighted by atomic mass is 19.4. The van der Waals surface area contributed by atoms with Crippen LogP contribution in [-0.2, 0) is 6.18 Å². The van der Waals surface area contributed by atoms with Crippen LogP contribution in [0.25, 0.3) is 0 Å². The molecule has 0 bridgehead atoms. The SMILES string of the molecule is CCNC(CC(CC)CC)c1cccc(C(F)(F)F)c1. The lowest BCUT2D eigenvalue weighted by atomic mass is 9.90. The number of nitrogens with one attached hydrogen (secondary N) is 1. The first kappa shape index (κ1) is 17.0. The van der Waals surface area contributed by atoms with E-state index in [-0.39, 0.29) is 6.04 Å². The molecule has 0 heterocycles. The Hall–Kier alpha value is -1.03. The number of rotatable bonds is 7. The molecule has 1 atom stereocenters. The molecule has 0 aliphatic heterocycles. The first-order chi connectivity index (χ1) is 9.42. The molecule has 1 nitrogen and oxygen atoms in total.